The first-order chi connectivity index (χ1) is 8.43. The molecule has 0 saturated heterocycles. The number of aromatic nitrogens is 2. The maximum atomic E-state index is 11.6. The summed E-state index contributed by atoms with van der Waals surface area (Å²) in [6.07, 6.45) is 2.71. The number of anilines is 1. The van der Waals surface area contributed by atoms with Gasteiger partial charge in [0.05, 0.1) is 13.3 Å². The van der Waals surface area contributed by atoms with E-state index < -0.39 is 9.84 Å². The van der Waals surface area contributed by atoms with E-state index >= 15 is 0 Å². The number of nitrogens with two attached hydrogens (primary N) is 1. The molecule has 1 heterocycles. The van der Waals surface area contributed by atoms with Gasteiger partial charge in [-0.3, -0.25) is 5.10 Å². The van der Waals surface area contributed by atoms with E-state index in [1.54, 1.807) is 18.3 Å². The van der Waals surface area contributed by atoms with Crippen molar-refractivity contribution in [2.75, 3.05) is 19.1 Å². The number of rotatable bonds is 3. The fourth-order valence-corrected chi connectivity index (χ4v) is 2.49. The molecule has 0 radical (unpaired) electrons. The Kier molecular flexibility index (Phi) is 3.00. The van der Waals surface area contributed by atoms with E-state index in [1.165, 1.54) is 13.2 Å². The number of nitrogens with zero attached hydrogens (tertiary/aromatic N) is 1. The van der Waals surface area contributed by atoms with Gasteiger partial charge in [-0.1, -0.05) is 6.07 Å². The summed E-state index contributed by atoms with van der Waals surface area (Å²) < 4.78 is 28.2. The second kappa shape index (κ2) is 4.34. The van der Waals surface area contributed by atoms with E-state index in [0.29, 0.717) is 11.4 Å². The van der Waals surface area contributed by atoms with Gasteiger partial charge in [-0.15, -0.1) is 0 Å². The third-order valence-electron chi connectivity index (χ3n) is 2.54. The summed E-state index contributed by atoms with van der Waals surface area (Å²) in [5.41, 5.74) is 7.15. The molecule has 0 amide bonds. The third kappa shape index (κ3) is 2.17. The van der Waals surface area contributed by atoms with Gasteiger partial charge in [0, 0.05) is 11.8 Å². The number of aromatic amines is 1. The van der Waals surface area contributed by atoms with Crippen molar-refractivity contribution in [1.82, 2.24) is 10.2 Å². The predicted octanol–water partition coefficient (Wildman–Crippen LogP) is 1.07. The second-order valence-corrected chi connectivity index (χ2v) is 5.82. The minimum absolute atomic E-state index is 0.149. The normalized spacial score (nSPS) is 11.4. The van der Waals surface area contributed by atoms with Crippen LogP contribution < -0.4 is 10.5 Å². The van der Waals surface area contributed by atoms with Crippen LogP contribution in [0.5, 0.6) is 5.75 Å². The summed E-state index contributed by atoms with van der Waals surface area (Å²) in [5.74, 6) is 0.708. The molecule has 0 spiro atoms. The summed E-state index contributed by atoms with van der Waals surface area (Å²) in [6, 6.07) is 4.79. The molecule has 0 bridgehead atoms. The van der Waals surface area contributed by atoms with E-state index in [9.17, 15) is 8.42 Å². The standard InChI is InChI=1S/C11H13N3O3S/c1-17-9-5-7(8-6-13-14-11(8)12)3-4-10(9)18(2,15)16/h3-6H,1-2H3,(H3,12,13,14). The van der Waals surface area contributed by atoms with Crippen molar-refractivity contribution in [1.29, 1.82) is 0 Å². The van der Waals surface area contributed by atoms with E-state index in [1.807, 2.05) is 0 Å². The Morgan fingerprint density at radius 3 is 2.61 bits per heavy atom. The minimum Gasteiger partial charge on any atom is -0.495 e. The van der Waals surface area contributed by atoms with Gasteiger partial charge in [0.2, 0.25) is 0 Å². The van der Waals surface area contributed by atoms with E-state index in [2.05, 4.69) is 10.2 Å². The van der Waals surface area contributed by atoms with Gasteiger partial charge in [0.15, 0.2) is 9.84 Å². The van der Waals surface area contributed by atoms with Crippen LogP contribution in [-0.2, 0) is 9.84 Å². The molecule has 18 heavy (non-hydrogen) atoms. The molecule has 2 aromatic rings. The molecule has 1 aromatic heterocycles. The van der Waals surface area contributed by atoms with Crippen LogP contribution in [0, 0.1) is 0 Å². The fourth-order valence-electron chi connectivity index (χ4n) is 1.67. The molecule has 3 N–H and O–H groups in total. The lowest BCUT2D eigenvalue weighted by molar-refractivity contribution is 0.403. The minimum atomic E-state index is -3.32. The SMILES string of the molecule is COc1cc(-c2cn[nH]c2N)ccc1S(C)(=O)=O. The molecular formula is C11H13N3O3S. The number of hydrogen-bond acceptors (Lipinski definition) is 5. The van der Waals surface area contributed by atoms with Crippen molar-refractivity contribution in [2.24, 2.45) is 0 Å². The van der Waals surface area contributed by atoms with Crippen molar-refractivity contribution < 1.29 is 13.2 Å². The van der Waals surface area contributed by atoms with Crippen LogP contribution in [0.4, 0.5) is 5.82 Å². The molecule has 2 rings (SSSR count). The summed E-state index contributed by atoms with van der Waals surface area (Å²) >= 11 is 0. The molecule has 0 atom stereocenters. The lowest BCUT2D eigenvalue weighted by atomic mass is 10.1. The van der Waals surface area contributed by atoms with E-state index in [-0.39, 0.29) is 10.6 Å². The Labute approximate surface area is 105 Å². The quantitative estimate of drug-likeness (QED) is 0.866. The van der Waals surface area contributed by atoms with Gasteiger partial charge < -0.3 is 10.5 Å². The van der Waals surface area contributed by atoms with Crippen molar-refractivity contribution in [3.8, 4) is 16.9 Å². The molecule has 0 aliphatic carbocycles. The molecule has 7 heteroatoms. The smallest absolute Gasteiger partial charge is 0.179 e. The monoisotopic (exact) mass is 267 g/mol. The van der Waals surface area contributed by atoms with Gasteiger partial charge in [-0.05, 0) is 17.7 Å². The van der Waals surface area contributed by atoms with Crippen LogP contribution in [0.3, 0.4) is 0 Å². The van der Waals surface area contributed by atoms with Gasteiger partial charge in [-0.25, -0.2) is 8.42 Å². The maximum absolute atomic E-state index is 11.6. The molecule has 0 aliphatic heterocycles. The highest BCUT2D eigenvalue weighted by Crippen LogP contribution is 2.31. The maximum Gasteiger partial charge on any atom is 0.179 e. The highest BCUT2D eigenvalue weighted by atomic mass is 32.2. The number of hydrogen-bond donors (Lipinski definition) is 2. The van der Waals surface area contributed by atoms with Gasteiger partial charge in [0.1, 0.15) is 16.5 Å². The number of nitrogen functional groups attached to an aromatic ring is 1. The summed E-state index contributed by atoms with van der Waals surface area (Å²) in [6.45, 7) is 0. The van der Waals surface area contributed by atoms with E-state index in [0.717, 1.165) is 11.8 Å². The Hall–Kier alpha value is -2.02. The molecule has 6 nitrogen and oxygen atoms in total. The number of ether oxygens (including phenoxy) is 1. The van der Waals surface area contributed by atoms with Crippen LogP contribution in [-0.4, -0.2) is 32.0 Å². The molecule has 0 fully saturated rings. The lowest BCUT2D eigenvalue weighted by Gasteiger charge is -2.08. The highest BCUT2D eigenvalue weighted by Gasteiger charge is 2.16. The first-order valence-corrected chi connectivity index (χ1v) is 7.00. The molecule has 1 aromatic carbocycles. The fraction of sp³-hybridized carbons (Fsp3) is 0.182. The average Bonchev–Trinajstić information content (AvgIpc) is 2.73. The lowest BCUT2D eigenvalue weighted by Crippen LogP contribution is -2.01. The van der Waals surface area contributed by atoms with Crippen LogP contribution in [0.1, 0.15) is 0 Å². The number of nitrogens with one attached hydrogen (secondary N) is 1. The summed E-state index contributed by atoms with van der Waals surface area (Å²) in [4.78, 5) is 0.149. The number of H-pyrrole nitrogens is 1. The van der Waals surface area contributed by atoms with Crippen molar-refractivity contribution in [3.05, 3.63) is 24.4 Å². The first-order valence-electron chi connectivity index (χ1n) is 5.11. The first kappa shape index (κ1) is 12.4. The zero-order valence-electron chi connectivity index (χ0n) is 9.97. The van der Waals surface area contributed by atoms with E-state index in [4.69, 9.17) is 10.5 Å². The van der Waals surface area contributed by atoms with Gasteiger partial charge in [0.25, 0.3) is 0 Å². The molecular weight excluding hydrogens is 254 g/mol. The average molecular weight is 267 g/mol. The molecule has 0 aliphatic rings. The molecule has 0 unspecified atom stereocenters. The Morgan fingerprint density at radius 2 is 2.11 bits per heavy atom. The number of benzene rings is 1. The summed E-state index contributed by atoms with van der Waals surface area (Å²) in [7, 11) is -1.90. The number of methoxy groups -OCH3 is 1. The highest BCUT2D eigenvalue weighted by molar-refractivity contribution is 7.90. The third-order valence-corrected chi connectivity index (χ3v) is 3.68. The Bertz CT molecular complexity index is 677. The van der Waals surface area contributed by atoms with Crippen LogP contribution >= 0.6 is 0 Å². The molecule has 0 saturated carbocycles. The van der Waals surface area contributed by atoms with Crippen molar-refractivity contribution in [2.45, 2.75) is 4.90 Å². The second-order valence-electron chi connectivity index (χ2n) is 3.84. The van der Waals surface area contributed by atoms with Crippen molar-refractivity contribution in [3.63, 3.8) is 0 Å². The van der Waals surface area contributed by atoms with Gasteiger partial charge in [-0.2, -0.15) is 5.10 Å². The topological polar surface area (TPSA) is 98.1 Å². The van der Waals surface area contributed by atoms with Crippen molar-refractivity contribution >= 4 is 15.7 Å². The zero-order chi connectivity index (χ0) is 13.3. The zero-order valence-corrected chi connectivity index (χ0v) is 10.8. The van der Waals surface area contributed by atoms with Crippen LogP contribution in [0.2, 0.25) is 0 Å². The number of sulfone groups is 1. The predicted molar refractivity (Wildman–Crippen MR) is 68.1 cm³/mol. The molecule has 96 valence electrons. The Balaban J connectivity index is 2.59. The van der Waals surface area contributed by atoms with Crippen LogP contribution in [0.25, 0.3) is 11.1 Å². The summed E-state index contributed by atoms with van der Waals surface area (Å²) in [5, 5.41) is 6.43. The Morgan fingerprint density at radius 1 is 1.39 bits per heavy atom. The largest absolute Gasteiger partial charge is 0.495 e. The van der Waals surface area contributed by atoms with Crippen LogP contribution in [0.15, 0.2) is 29.3 Å². The van der Waals surface area contributed by atoms with Gasteiger partial charge >= 0.3 is 0 Å².